The van der Waals surface area contributed by atoms with Crippen molar-refractivity contribution < 1.29 is 28.2 Å². The van der Waals surface area contributed by atoms with E-state index in [1.165, 1.54) is 23.1 Å². The summed E-state index contributed by atoms with van der Waals surface area (Å²) >= 11 is 0. The molecule has 2 fully saturated rings. The van der Waals surface area contributed by atoms with Gasteiger partial charge in [0.1, 0.15) is 18.2 Å². The summed E-state index contributed by atoms with van der Waals surface area (Å²) in [6.07, 6.45) is 1.20. The van der Waals surface area contributed by atoms with Gasteiger partial charge in [0.05, 0.1) is 30.9 Å². The summed E-state index contributed by atoms with van der Waals surface area (Å²) in [7, 11) is 1.68. The van der Waals surface area contributed by atoms with Crippen LogP contribution < -0.4 is 20.5 Å². The molecule has 0 saturated carbocycles. The molecular weight excluding hydrogens is 557 g/mol. The van der Waals surface area contributed by atoms with Crippen LogP contribution in [0.1, 0.15) is 40.3 Å². The molecule has 2 saturated heterocycles. The third kappa shape index (κ3) is 5.72. The highest BCUT2D eigenvalue weighted by atomic mass is 19.1. The topological polar surface area (TPSA) is 115 Å². The first-order chi connectivity index (χ1) is 20.9. The fourth-order valence-electron chi connectivity index (χ4n) is 5.85. The van der Waals surface area contributed by atoms with E-state index in [1.54, 1.807) is 16.5 Å². The van der Waals surface area contributed by atoms with Crippen molar-refractivity contribution >= 4 is 17.6 Å². The van der Waals surface area contributed by atoms with Crippen LogP contribution in [0.25, 0.3) is 0 Å². The molecule has 6 rings (SSSR count). The fraction of sp³-hybridized carbons (Fsp3) is 0.419. The van der Waals surface area contributed by atoms with Gasteiger partial charge in [0.25, 0.3) is 11.5 Å². The standard InChI is InChI=1S/C31H34FN5O6/c1-35-11-12-36(30(35)40)24-17-23(32)8-7-22(24)18-33-27(38)25-26(43-19-21-5-3-2-4-6-21)28(39)37-13-16-42-20-31(29(37)34-25)9-14-41-15-10-31/h2-8,17H,9-16,18-20H2,1H3,(H,33,38). The van der Waals surface area contributed by atoms with E-state index in [-0.39, 0.29) is 37.2 Å². The molecule has 11 nitrogen and oxygen atoms in total. The molecule has 4 heterocycles. The smallest absolute Gasteiger partial charge is 0.324 e. The SMILES string of the molecule is CN1CCN(c2cc(F)ccc2CNC(=O)c2nc3n(c(=O)c2OCc2ccccc2)CCOCC32CCOCC2)C1=O. The van der Waals surface area contributed by atoms with Crippen molar-refractivity contribution in [1.29, 1.82) is 0 Å². The summed E-state index contributed by atoms with van der Waals surface area (Å²) in [6.45, 7) is 2.91. The van der Waals surface area contributed by atoms with Crippen LogP contribution in [0, 0.1) is 5.82 Å². The number of carbonyl (C=O) groups excluding carboxylic acids is 2. The molecule has 0 aliphatic carbocycles. The Labute approximate surface area is 248 Å². The summed E-state index contributed by atoms with van der Waals surface area (Å²) in [5.74, 6) is -0.766. The Morgan fingerprint density at radius 3 is 2.58 bits per heavy atom. The molecule has 43 heavy (non-hydrogen) atoms. The first kappa shape index (κ1) is 28.8. The zero-order valence-electron chi connectivity index (χ0n) is 24.0. The number of benzene rings is 2. The van der Waals surface area contributed by atoms with Crippen molar-refractivity contribution in [3.8, 4) is 5.75 Å². The van der Waals surface area contributed by atoms with Gasteiger partial charge in [-0.2, -0.15) is 0 Å². The lowest BCUT2D eigenvalue weighted by molar-refractivity contribution is 0.00412. The Hall–Kier alpha value is -4.29. The van der Waals surface area contributed by atoms with Gasteiger partial charge < -0.3 is 24.4 Å². The maximum absolute atomic E-state index is 14.3. The van der Waals surface area contributed by atoms with E-state index in [0.717, 1.165) is 5.56 Å². The minimum absolute atomic E-state index is 0.0255. The lowest BCUT2D eigenvalue weighted by Crippen LogP contribution is -2.43. The fourth-order valence-corrected chi connectivity index (χ4v) is 5.85. The van der Waals surface area contributed by atoms with E-state index in [0.29, 0.717) is 69.4 Å². The van der Waals surface area contributed by atoms with Crippen LogP contribution >= 0.6 is 0 Å². The van der Waals surface area contributed by atoms with Crippen molar-refractivity contribution in [2.45, 2.75) is 38.0 Å². The number of nitrogens with one attached hydrogen (secondary N) is 1. The molecule has 1 aromatic heterocycles. The third-order valence-electron chi connectivity index (χ3n) is 8.32. The molecule has 1 N–H and O–H groups in total. The van der Waals surface area contributed by atoms with E-state index in [9.17, 15) is 18.8 Å². The number of ether oxygens (including phenoxy) is 3. The van der Waals surface area contributed by atoms with Crippen molar-refractivity contribution in [3.05, 3.63) is 87.3 Å². The van der Waals surface area contributed by atoms with Crippen LogP contribution in [0.3, 0.4) is 0 Å². The van der Waals surface area contributed by atoms with E-state index in [2.05, 4.69) is 5.32 Å². The Balaban J connectivity index is 1.36. The highest BCUT2D eigenvalue weighted by Gasteiger charge is 2.42. The zero-order chi connectivity index (χ0) is 30.0. The average Bonchev–Trinajstić information content (AvgIpc) is 3.25. The summed E-state index contributed by atoms with van der Waals surface area (Å²) in [5.41, 5.74) is 0.604. The Morgan fingerprint density at radius 2 is 1.84 bits per heavy atom. The lowest BCUT2D eigenvalue weighted by Gasteiger charge is -2.36. The monoisotopic (exact) mass is 591 g/mol. The highest BCUT2D eigenvalue weighted by Crippen LogP contribution is 2.36. The predicted molar refractivity (Wildman–Crippen MR) is 155 cm³/mol. The number of aromatic nitrogens is 2. The van der Waals surface area contributed by atoms with Gasteiger partial charge >= 0.3 is 6.03 Å². The summed E-state index contributed by atoms with van der Waals surface area (Å²) in [4.78, 5) is 48.4. The number of fused-ring (bicyclic) bond motifs is 2. The number of amides is 3. The molecular formula is C31H34FN5O6. The minimum Gasteiger partial charge on any atom is -0.481 e. The van der Waals surface area contributed by atoms with Crippen LogP contribution in [-0.2, 0) is 34.6 Å². The van der Waals surface area contributed by atoms with Gasteiger partial charge in [0.2, 0.25) is 5.75 Å². The van der Waals surface area contributed by atoms with Crippen molar-refractivity contribution in [1.82, 2.24) is 19.8 Å². The molecule has 2 aromatic carbocycles. The molecule has 3 aromatic rings. The molecule has 1 spiro atoms. The molecule has 3 aliphatic rings. The van der Waals surface area contributed by atoms with Gasteiger partial charge in [-0.15, -0.1) is 0 Å². The zero-order valence-corrected chi connectivity index (χ0v) is 24.0. The second-order valence-corrected chi connectivity index (χ2v) is 11.1. The number of nitrogens with zero attached hydrogens (tertiary/aromatic N) is 4. The van der Waals surface area contributed by atoms with Gasteiger partial charge in [0, 0.05) is 39.9 Å². The minimum atomic E-state index is -0.615. The number of anilines is 1. The van der Waals surface area contributed by atoms with Gasteiger partial charge in [-0.25, -0.2) is 14.2 Å². The van der Waals surface area contributed by atoms with Crippen LogP contribution in [0.4, 0.5) is 14.9 Å². The molecule has 226 valence electrons. The number of urea groups is 1. The number of hydrogen-bond acceptors (Lipinski definition) is 7. The number of hydrogen-bond donors (Lipinski definition) is 1. The van der Waals surface area contributed by atoms with Crippen molar-refractivity contribution in [2.24, 2.45) is 0 Å². The van der Waals surface area contributed by atoms with Gasteiger partial charge in [-0.3, -0.25) is 19.1 Å². The number of rotatable bonds is 7. The Kier molecular flexibility index (Phi) is 8.13. The van der Waals surface area contributed by atoms with Gasteiger partial charge in [-0.05, 0) is 36.1 Å². The molecule has 0 radical (unpaired) electrons. The van der Waals surface area contributed by atoms with Crippen LogP contribution in [0.15, 0.2) is 53.3 Å². The first-order valence-electron chi connectivity index (χ1n) is 14.4. The molecule has 3 amide bonds. The van der Waals surface area contributed by atoms with Crippen molar-refractivity contribution in [2.75, 3.05) is 51.5 Å². The molecule has 0 bridgehead atoms. The van der Waals surface area contributed by atoms with Crippen molar-refractivity contribution in [3.63, 3.8) is 0 Å². The molecule has 3 aliphatic heterocycles. The largest absolute Gasteiger partial charge is 0.481 e. The maximum atomic E-state index is 14.3. The highest BCUT2D eigenvalue weighted by molar-refractivity contribution is 5.96. The first-order valence-corrected chi connectivity index (χ1v) is 14.4. The van der Waals surface area contributed by atoms with Crippen LogP contribution in [0.2, 0.25) is 0 Å². The predicted octanol–water partition coefficient (Wildman–Crippen LogP) is 2.84. The average molecular weight is 592 g/mol. The summed E-state index contributed by atoms with van der Waals surface area (Å²) < 4.78 is 33.4. The quantitative estimate of drug-likeness (QED) is 0.449. The van der Waals surface area contributed by atoms with E-state index >= 15 is 0 Å². The lowest BCUT2D eigenvalue weighted by atomic mass is 9.80. The summed E-state index contributed by atoms with van der Waals surface area (Å²) in [6, 6.07) is 13.2. The molecule has 12 heteroatoms. The second-order valence-electron chi connectivity index (χ2n) is 11.1. The molecule has 0 unspecified atom stereocenters. The van der Waals surface area contributed by atoms with E-state index < -0.39 is 22.7 Å². The summed E-state index contributed by atoms with van der Waals surface area (Å²) in [5, 5.41) is 2.84. The number of carbonyl (C=O) groups is 2. The van der Waals surface area contributed by atoms with Crippen LogP contribution in [0.5, 0.6) is 5.75 Å². The van der Waals surface area contributed by atoms with E-state index in [4.69, 9.17) is 19.2 Å². The van der Waals surface area contributed by atoms with E-state index in [1.807, 2.05) is 30.3 Å². The molecule has 0 atom stereocenters. The third-order valence-corrected chi connectivity index (χ3v) is 8.32. The van der Waals surface area contributed by atoms with Crippen LogP contribution in [-0.4, -0.2) is 73.0 Å². The maximum Gasteiger partial charge on any atom is 0.324 e. The number of likely N-dealkylation sites (N-methyl/N-ethyl adjacent to an activating group) is 1. The van der Waals surface area contributed by atoms with Gasteiger partial charge in [-0.1, -0.05) is 36.4 Å². The van der Waals surface area contributed by atoms with Gasteiger partial charge in [0.15, 0.2) is 5.69 Å². The normalized spacial score (nSPS) is 18.0. The number of halogens is 1. The Bertz CT molecular complexity index is 1570. The Morgan fingerprint density at radius 1 is 1.05 bits per heavy atom. The second kappa shape index (κ2) is 12.1.